The third kappa shape index (κ3) is 4.21. The molecule has 1 amide bonds. The van der Waals surface area contributed by atoms with Crippen LogP contribution in [0.2, 0.25) is 0 Å². The number of anilines is 1. The third-order valence-corrected chi connectivity index (χ3v) is 5.14. The highest BCUT2D eigenvalue weighted by molar-refractivity contribution is 6.21. The van der Waals surface area contributed by atoms with E-state index in [1.807, 2.05) is 86.8 Å². The van der Waals surface area contributed by atoms with E-state index in [1.54, 1.807) is 4.90 Å². The molecular formula is C25H25N3O. The Morgan fingerprint density at radius 3 is 2.07 bits per heavy atom. The summed E-state index contributed by atoms with van der Waals surface area (Å²) < 4.78 is 0. The molecule has 0 saturated carbocycles. The second-order valence-corrected chi connectivity index (χ2v) is 7.49. The number of nitrogens with zero attached hydrogens (tertiary/aromatic N) is 3. The van der Waals surface area contributed by atoms with Crippen molar-refractivity contribution in [3.05, 3.63) is 102 Å². The number of carbonyl (C=O) groups is 1. The first-order valence-electron chi connectivity index (χ1n) is 9.89. The van der Waals surface area contributed by atoms with Crippen molar-refractivity contribution in [2.45, 2.75) is 25.9 Å². The van der Waals surface area contributed by atoms with E-state index in [2.05, 4.69) is 17.0 Å². The largest absolute Gasteiger partial charge is 0.341 e. The molecule has 1 aliphatic rings. The average molecular weight is 383 g/mol. The fourth-order valence-corrected chi connectivity index (χ4v) is 3.60. The molecule has 146 valence electrons. The predicted octanol–water partition coefficient (Wildman–Crippen LogP) is 4.44. The number of rotatable bonds is 5. The van der Waals surface area contributed by atoms with Gasteiger partial charge in [0.05, 0.1) is 5.69 Å². The molecular weight excluding hydrogens is 358 g/mol. The zero-order chi connectivity index (χ0) is 20.2. The van der Waals surface area contributed by atoms with Gasteiger partial charge in [0.1, 0.15) is 6.04 Å². The SMILES string of the molecule is Cc1ccc(N2C(=O)C(Cc3ccccc3)N=C2N(C)Cc2ccccc2)cc1. The second-order valence-electron chi connectivity index (χ2n) is 7.49. The summed E-state index contributed by atoms with van der Waals surface area (Å²) >= 11 is 0. The number of aliphatic imine (C=N–C) groups is 1. The fourth-order valence-electron chi connectivity index (χ4n) is 3.60. The average Bonchev–Trinajstić information content (AvgIpc) is 3.06. The highest BCUT2D eigenvalue weighted by atomic mass is 16.2. The molecule has 3 aromatic rings. The number of carbonyl (C=O) groups excluding carboxylic acids is 1. The van der Waals surface area contributed by atoms with Gasteiger partial charge in [-0.3, -0.25) is 4.79 Å². The lowest BCUT2D eigenvalue weighted by molar-refractivity contribution is -0.118. The van der Waals surface area contributed by atoms with Crippen molar-refractivity contribution in [2.24, 2.45) is 4.99 Å². The molecule has 4 nitrogen and oxygen atoms in total. The van der Waals surface area contributed by atoms with Crippen LogP contribution in [0.1, 0.15) is 16.7 Å². The molecule has 1 aliphatic heterocycles. The summed E-state index contributed by atoms with van der Waals surface area (Å²) in [6.07, 6.45) is 0.602. The molecule has 1 heterocycles. The van der Waals surface area contributed by atoms with Crippen molar-refractivity contribution in [2.75, 3.05) is 11.9 Å². The molecule has 3 aromatic carbocycles. The van der Waals surface area contributed by atoms with Gasteiger partial charge in [0, 0.05) is 20.0 Å². The van der Waals surface area contributed by atoms with E-state index in [0.717, 1.165) is 16.8 Å². The van der Waals surface area contributed by atoms with Crippen molar-refractivity contribution in [1.29, 1.82) is 0 Å². The Labute approximate surface area is 172 Å². The second kappa shape index (κ2) is 8.31. The highest BCUT2D eigenvalue weighted by Gasteiger charge is 2.37. The molecule has 0 N–H and O–H groups in total. The lowest BCUT2D eigenvalue weighted by Crippen LogP contribution is -2.43. The molecule has 4 rings (SSSR count). The number of hydrogen-bond donors (Lipinski definition) is 0. The minimum atomic E-state index is -0.410. The van der Waals surface area contributed by atoms with Crippen LogP contribution in [-0.2, 0) is 17.8 Å². The Balaban J connectivity index is 1.65. The van der Waals surface area contributed by atoms with Gasteiger partial charge in [-0.05, 0) is 30.2 Å². The van der Waals surface area contributed by atoms with E-state index >= 15 is 0 Å². The fraction of sp³-hybridized carbons (Fsp3) is 0.200. The maximum atomic E-state index is 13.3. The van der Waals surface area contributed by atoms with Crippen molar-refractivity contribution >= 4 is 17.6 Å². The molecule has 1 unspecified atom stereocenters. The summed E-state index contributed by atoms with van der Waals surface area (Å²) in [7, 11) is 1.99. The van der Waals surface area contributed by atoms with Gasteiger partial charge in [0.25, 0.3) is 5.91 Å². The monoisotopic (exact) mass is 383 g/mol. The molecule has 0 radical (unpaired) electrons. The number of guanidine groups is 1. The smallest absolute Gasteiger partial charge is 0.259 e. The van der Waals surface area contributed by atoms with Crippen LogP contribution in [0, 0.1) is 6.92 Å². The van der Waals surface area contributed by atoms with Crippen LogP contribution in [-0.4, -0.2) is 29.9 Å². The first kappa shape index (κ1) is 18.9. The van der Waals surface area contributed by atoms with Crippen LogP contribution in [0.3, 0.4) is 0 Å². The van der Waals surface area contributed by atoms with E-state index in [0.29, 0.717) is 18.9 Å². The standard InChI is InChI=1S/C25H25N3O/c1-19-13-15-22(16-14-19)28-24(29)23(17-20-9-5-3-6-10-20)26-25(28)27(2)18-21-11-7-4-8-12-21/h3-16,23H,17-18H2,1-2H3. The van der Waals surface area contributed by atoms with Gasteiger partial charge in [0.15, 0.2) is 0 Å². The van der Waals surface area contributed by atoms with Gasteiger partial charge < -0.3 is 4.90 Å². The lowest BCUT2D eigenvalue weighted by atomic mass is 10.1. The Morgan fingerprint density at radius 1 is 0.862 bits per heavy atom. The zero-order valence-corrected chi connectivity index (χ0v) is 16.8. The van der Waals surface area contributed by atoms with E-state index in [4.69, 9.17) is 4.99 Å². The maximum absolute atomic E-state index is 13.3. The van der Waals surface area contributed by atoms with Gasteiger partial charge in [-0.25, -0.2) is 9.89 Å². The molecule has 0 fully saturated rings. The molecule has 29 heavy (non-hydrogen) atoms. The first-order valence-corrected chi connectivity index (χ1v) is 9.89. The van der Waals surface area contributed by atoms with E-state index < -0.39 is 6.04 Å². The topological polar surface area (TPSA) is 35.9 Å². The van der Waals surface area contributed by atoms with Crippen molar-refractivity contribution in [3.63, 3.8) is 0 Å². The van der Waals surface area contributed by atoms with Crippen LogP contribution in [0.25, 0.3) is 0 Å². The number of amides is 1. The summed E-state index contributed by atoms with van der Waals surface area (Å²) in [6, 6.07) is 27.9. The minimum Gasteiger partial charge on any atom is -0.341 e. The third-order valence-electron chi connectivity index (χ3n) is 5.14. The minimum absolute atomic E-state index is 0.0209. The van der Waals surface area contributed by atoms with Gasteiger partial charge in [-0.1, -0.05) is 78.4 Å². The molecule has 1 atom stereocenters. The van der Waals surface area contributed by atoms with Gasteiger partial charge in [0.2, 0.25) is 5.96 Å². The lowest BCUT2D eigenvalue weighted by Gasteiger charge is -2.26. The summed E-state index contributed by atoms with van der Waals surface area (Å²) in [6.45, 7) is 2.73. The van der Waals surface area contributed by atoms with Crippen LogP contribution in [0.15, 0.2) is 89.9 Å². The van der Waals surface area contributed by atoms with E-state index in [-0.39, 0.29) is 5.91 Å². The van der Waals surface area contributed by atoms with Crippen molar-refractivity contribution < 1.29 is 4.79 Å². The van der Waals surface area contributed by atoms with E-state index in [9.17, 15) is 4.79 Å². The number of aryl methyl sites for hydroxylation is 1. The Bertz CT molecular complexity index is 997. The maximum Gasteiger partial charge on any atom is 0.259 e. The van der Waals surface area contributed by atoms with Crippen LogP contribution < -0.4 is 4.90 Å². The molecule has 0 spiro atoms. The van der Waals surface area contributed by atoms with Gasteiger partial charge in [-0.2, -0.15) is 0 Å². The van der Waals surface area contributed by atoms with Crippen LogP contribution in [0.5, 0.6) is 0 Å². The zero-order valence-electron chi connectivity index (χ0n) is 16.8. The number of benzene rings is 3. The Hall–Kier alpha value is -3.40. The number of hydrogen-bond acceptors (Lipinski definition) is 3. The quantitative estimate of drug-likeness (QED) is 0.653. The Kier molecular flexibility index (Phi) is 5.43. The molecule has 0 aromatic heterocycles. The Morgan fingerprint density at radius 2 is 1.45 bits per heavy atom. The summed E-state index contributed by atoms with van der Waals surface area (Å²) in [5.41, 5.74) is 4.32. The molecule has 4 heteroatoms. The first-order chi connectivity index (χ1) is 14.1. The normalized spacial score (nSPS) is 16.1. The molecule has 0 saturated heterocycles. The summed E-state index contributed by atoms with van der Waals surface area (Å²) in [4.78, 5) is 22.0. The van der Waals surface area contributed by atoms with Gasteiger partial charge >= 0.3 is 0 Å². The molecule has 0 aliphatic carbocycles. The van der Waals surface area contributed by atoms with Gasteiger partial charge in [-0.15, -0.1) is 0 Å². The highest BCUT2D eigenvalue weighted by Crippen LogP contribution is 2.25. The van der Waals surface area contributed by atoms with Crippen molar-refractivity contribution in [1.82, 2.24) is 4.90 Å². The van der Waals surface area contributed by atoms with E-state index in [1.165, 1.54) is 5.56 Å². The summed E-state index contributed by atoms with van der Waals surface area (Å²) in [5.74, 6) is 0.719. The predicted molar refractivity (Wildman–Crippen MR) is 118 cm³/mol. The van der Waals surface area contributed by atoms with Crippen molar-refractivity contribution in [3.8, 4) is 0 Å². The summed E-state index contributed by atoms with van der Waals surface area (Å²) in [5, 5.41) is 0. The van der Waals surface area contributed by atoms with Crippen LogP contribution >= 0.6 is 0 Å². The van der Waals surface area contributed by atoms with Crippen LogP contribution in [0.4, 0.5) is 5.69 Å². The molecule has 0 bridgehead atoms.